The standard InChI is InChI=1S/C23H33N5OS/c1-3-24-23(26-13-8-12-25-22(29)21-11-7-16-30-21)27-18(2)19-9-6-10-20(17-19)28-14-4-5-15-28/h6-7,9-11,16-18H,3-5,8,12-15H2,1-2H3,(H,25,29)(H2,24,26,27). The van der Waals surface area contributed by atoms with Gasteiger partial charge >= 0.3 is 0 Å². The maximum atomic E-state index is 12.0. The minimum Gasteiger partial charge on any atom is -0.372 e. The molecule has 1 saturated heterocycles. The van der Waals surface area contributed by atoms with Gasteiger partial charge in [0.2, 0.25) is 0 Å². The van der Waals surface area contributed by atoms with Crippen LogP contribution in [0.3, 0.4) is 0 Å². The zero-order valence-electron chi connectivity index (χ0n) is 18.0. The molecule has 0 spiro atoms. The van der Waals surface area contributed by atoms with Crippen molar-refractivity contribution in [2.75, 3.05) is 37.6 Å². The number of hydrogen-bond donors (Lipinski definition) is 3. The van der Waals surface area contributed by atoms with Crippen molar-refractivity contribution < 1.29 is 4.79 Å². The lowest BCUT2D eigenvalue weighted by molar-refractivity contribution is 0.0957. The molecule has 30 heavy (non-hydrogen) atoms. The Bertz CT molecular complexity index is 815. The summed E-state index contributed by atoms with van der Waals surface area (Å²) in [6.07, 6.45) is 3.36. The molecule has 0 bridgehead atoms. The lowest BCUT2D eigenvalue weighted by atomic mass is 10.1. The number of guanidine groups is 1. The molecule has 1 atom stereocenters. The molecule has 1 fully saturated rings. The topological polar surface area (TPSA) is 68.8 Å². The number of carbonyl (C=O) groups excluding carboxylic acids is 1. The van der Waals surface area contributed by atoms with E-state index in [1.165, 1.54) is 35.4 Å². The van der Waals surface area contributed by atoms with Gasteiger partial charge in [-0.3, -0.25) is 9.79 Å². The monoisotopic (exact) mass is 427 g/mol. The molecule has 7 heteroatoms. The molecule has 2 aromatic rings. The van der Waals surface area contributed by atoms with E-state index in [0.29, 0.717) is 13.1 Å². The van der Waals surface area contributed by atoms with Crippen molar-refractivity contribution >= 4 is 28.9 Å². The van der Waals surface area contributed by atoms with Crippen LogP contribution in [-0.2, 0) is 0 Å². The van der Waals surface area contributed by atoms with Crippen LogP contribution in [0.2, 0.25) is 0 Å². The van der Waals surface area contributed by atoms with Crippen molar-refractivity contribution in [2.45, 2.75) is 39.2 Å². The van der Waals surface area contributed by atoms with Crippen LogP contribution in [0.25, 0.3) is 0 Å². The Morgan fingerprint density at radius 3 is 2.77 bits per heavy atom. The third kappa shape index (κ3) is 6.49. The van der Waals surface area contributed by atoms with Crippen molar-refractivity contribution in [1.82, 2.24) is 16.0 Å². The number of nitrogens with zero attached hydrogens (tertiary/aromatic N) is 2. The van der Waals surface area contributed by atoms with E-state index in [2.05, 4.69) is 64.0 Å². The minimum atomic E-state index is -0.00878. The number of rotatable bonds is 9. The van der Waals surface area contributed by atoms with Gasteiger partial charge in [0.1, 0.15) is 0 Å². The van der Waals surface area contributed by atoms with E-state index in [9.17, 15) is 4.79 Å². The maximum absolute atomic E-state index is 12.0. The summed E-state index contributed by atoms with van der Waals surface area (Å²) in [5, 5.41) is 11.7. The van der Waals surface area contributed by atoms with Gasteiger partial charge in [0.25, 0.3) is 5.91 Å². The molecule has 1 aromatic heterocycles. The summed E-state index contributed by atoms with van der Waals surface area (Å²) in [5.41, 5.74) is 2.57. The second-order valence-corrected chi connectivity index (χ2v) is 8.45. The van der Waals surface area contributed by atoms with Gasteiger partial charge in [0, 0.05) is 38.4 Å². The van der Waals surface area contributed by atoms with Crippen LogP contribution in [0.1, 0.15) is 54.4 Å². The summed E-state index contributed by atoms with van der Waals surface area (Å²) in [6, 6.07) is 12.7. The molecule has 6 nitrogen and oxygen atoms in total. The van der Waals surface area contributed by atoms with E-state index in [0.717, 1.165) is 36.9 Å². The van der Waals surface area contributed by atoms with Crippen LogP contribution in [0.4, 0.5) is 5.69 Å². The van der Waals surface area contributed by atoms with Gasteiger partial charge in [-0.15, -0.1) is 11.3 Å². The van der Waals surface area contributed by atoms with Crippen LogP contribution in [0.5, 0.6) is 0 Å². The first-order valence-electron chi connectivity index (χ1n) is 10.9. The highest BCUT2D eigenvalue weighted by Gasteiger charge is 2.14. The normalized spacial score (nSPS) is 15.1. The first-order valence-corrected chi connectivity index (χ1v) is 11.8. The van der Waals surface area contributed by atoms with Crippen molar-refractivity contribution in [3.8, 4) is 0 Å². The van der Waals surface area contributed by atoms with Gasteiger partial charge in [-0.1, -0.05) is 18.2 Å². The SMILES string of the molecule is CCNC(=NCCCNC(=O)c1cccs1)NC(C)c1cccc(N2CCCC2)c1. The fourth-order valence-corrected chi connectivity index (χ4v) is 4.18. The van der Waals surface area contributed by atoms with Crippen LogP contribution in [0.15, 0.2) is 46.8 Å². The number of aliphatic imine (C=N–C) groups is 1. The summed E-state index contributed by atoms with van der Waals surface area (Å²) < 4.78 is 0. The Morgan fingerprint density at radius 2 is 2.03 bits per heavy atom. The highest BCUT2D eigenvalue weighted by Crippen LogP contribution is 2.23. The zero-order chi connectivity index (χ0) is 21.2. The average molecular weight is 428 g/mol. The molecular weight excluding hydrogens is 394 g/mol. The molecule has 1 amide bonds. The third-order valence-electron chi connectivity index (χ3n) is 5.17. The number of thiophene rings is 1. The maximum Gasteiger partial charge on any atom is 0.261 e. The van der Waals surface area contributed by atoms with Crippen LogP contribution < -0.4 is 20.9 Å². The van der Waals surface area contributed by atoms with Crippen LogP contribution >= 0.6 is 11.3 Å². The van der Waals surface area contributed by atoms with E-state index in [4.69, 9.17) is 0 Å². The zero-order valence-corrected chi connectivity index (χ0v) is 18.8. The molecule has 1 aromatic carbocycles. The second-order valence-electron chi connectivity index (χ2n) is 7.50. The Kier molecular flexibility index (Phi) is 8.56. The smallest absolute Gasteiger partial charge is 0.261 e. The first kappa shape index (κ1) is 22.2. The van der Waals surface area contributed by atoms with E-state index in [1.807, 2.05) is 17.5 Å². The Morgan fingerprint density at radius 1 is 1.20 bits per heavy atom. The average Bonchev–Trinajstić information content (AvgIpc) is 3.47. The summed E-state index contributed by atoms with van der Waals surface area (Å²) in [5.74, 6) is 0.798. The highest BCUT2D eigenvalue weighted by molar-refractivity contribution is 7.12. The largest absolute Gasteiger partial charge is 0.372 e. The lowest BCUT2D eigenvalue weighted by Gasteiger charge is -2.22. The number of carbonyl (C=O) groups is 1. The number of nitrogens with one attached hydrogen (secondary N) is 3. The number of hydrogen-bond acceptors (Lipinski definition) is 4. The minimum absolute atomic E-state index is 0.00878. The van der Waals surface area contributed by atoms with Crippen molar-refractivity contribution in [3.63, 3.8) is 0 Å². The highest BCUT2D eigenvalue weighted by atomic mass is 32.1. The molecule has 0 radical (unpaired) electrons. The van der Waals surface area contributed by atoms with Gasteiger partial charge in [0.05, 0.1) is 10.9 Å². The number of benzene rings is 1. The number of anilines is 1. The lowest BCUT2D eigenvalue weighted by Crippen LogP contribution is -2.39. The quantitative estimate of drug-likeness (QED) is 0.324. The van der Waals surface area contributed by atoms with E-state index < -0.39 is 0 Å². The molecule has 162 valence electrons. The van der Waals surface area contributed by atoms with E-state index in [-0.39, 0.29) is 11.9 Å². The molecule has 0 aliphatic carbocycles. The van der Waals surface area contributed by atoms with Crippen molar-refractivity contribution in [2.24, 2.45) is 4.99 Å². The Labute approximate surface area is 183 Å². The van der Waals surface area contributed by atoms with Gasteiger partial charge in [-0.25, -0.2) is 0 Å². The first-order chi connectivity index (χ1) is 14.7. The van der Waals surface area contributed by atoms with Crippen molar-refractivity contribution in [3.05, 3.63) is 52.2 Å². The molecule has 0 saturated carbocycles. The predicted molar refractivity (Wildman–Crippen MR) is 127 cm³/mol. The second kappa shape index (κ2) is 11.6. The summed E-state index contributed by atoms with van der Waals surface area (Å²) >= 11 is 1.46. The van der Waals surface area contributed by atoms with Gasteiger partial charge in [-0.2, -0.15) is 0 Å². The van der Waals surface area contributed by atoms with Crippen molar-refractivity contribution in [1.29, 1.82) is 0 Å². The third-order valence-corrected chi connectivity index (χ3v) is 6.04. The summed E-state index contributed by atoms with van der Waals surface area (Å²) in [6.45, 7) is 8.61. The van der Waals surface area contributed by atoms with Gasteiger partial charge < -0.3 is 20.9 Å². The van der Waals surface area contributed by atoms with Gasteiger partial charge in [-0.05, 0) is 62.3 Å². The summed E-state index contributed by atoms with van der Waals surface area (Å²) in [7, 11) is 0. The van der Waals surface area contributed by atoms with Crippen LogP contribution in [0, 0.1) is 0 Å². The number of amides is 1. The molecule has 1 aliphatic heterocycles. The van der Waals surface area contributed by atoms with Crippen LogP contribution in [-0.4, -0.2) is 44.6 Å². The Balaban J connectivity index is 1.49. The molecule has 3 N–H and O–H groups in total. The Hall–Kier alpha value is -2.54. The molecular formula is C23H33N5OS. The molecule has 1 aliphatic rings. The fraction of sp³-hybridized carbons (Fsp3) is 0.478. The van der Waals surface area contributed by atoms with E-state index in [1.54, 1.807) is 0 Å². The summed E-state index contributed by atoms with van der Waals surface area (Å²) in [4.78, 5) is 19.8. The molecule has 1 unspecified atom stereocenters. The fourth-order valence-electron chi connectivity index (χ4n) is 3.54. The molecule has 3 rings (SSSR count). The predicted octanol–water partition coefficient (Wildman–Crippen LogP) is 3.78. The molecule has 2 heterocycles. The van der Waals surface area contributed by atoms with E-state index >= 15 is 0 Å². The van der Waals surface area contributed by atoms with Gasteiger partial charge in [0.15, 0.2) is 5.96 Å².